The fraction of sp³-hybridized carbons (Fsp3) is 1.00. The standard InChI is InChI=1S/C12H21N.ClH/c1-8(13)12-5-9-2-10(6-12)4-11(3-9)7-12;/h8-11H,2-7,13H2,1H3;1H. The fourth-order valence-corrected chi connectivity index (χ4v) is 4.74. The van der Waals surface area contributed by atoms with Gasteiger partial charge in [0.2, 0.25) is 0 Å². The number of rotatable bonds is 1. The van der Waals surface area contributed by atoms with Crippen molar-refractivity contribution >= 4 is 12.4 Å². The van der Waals surface area contributed by atoms with Crippen molar-refractivity contribution in [3.8, 4) is 0 Å². The third-order valence-corrected chi connectivity index (χ3v) is 5.05. The van der Waals surface area contributed by atoms with Crippen LogP contribution in [0.1, 0.15) is 45.4 Å². The minimum Gasteiger partial charge on any atom is -0.327 e. The zero-order valence-electron chi connectivity index (χ0n) is 9.04. The summed E-state index contributed by atoms with van der Waals surface area (Å²) < 4.78 is 0. The van der Waals surface area contributed by atoms with Crippen LogP contribution in [-0.2, 0) is 0 Å². The van der Waals surface area contributed by atoms with Crippen molar-refractivity contribution in [2.24, 2.45) is 28.9 Å². The molecule has 0 aromatic carbocycles. The molecule has 2 heteroatoms. The first-order valence-electron chi connectivity index (χ1n) is 5.93. The van der Waals surface area contributed by atoms with Crippen molar-refractivity contribution in [3.63, 3.8) is 0 Å². The Bertz CT molecular complexity index is 189. The molecule has 0 aromatic heterocycles. The van der Waals surface area contributed by atoms with Crippen LogP contribution in [0.3, 0.4) is 0 Å². The van der Waals surface area contributed by atoms with Crippen molar-refractivity contribution < 1.29 is 0 Å². The molecule has 0 heterocycles. The molecule has 4 aliphatic carbocycles. The third kappa shape index (κ3) is 1.40. The van der Waals surface area contributed by atoms with Gasteiger partial charge in [0.25, 0.3) is 0 Å². The van der Waals surface area contributed by atoms with Gasteiger partial charge in [0, 0.05) is 6.04 Å². The molecule has 1 atom stereocenters. The van der Waals surface area contributed by atoms with Crippen LogP contribution in [0, 0.1) is 23.2 Å². The molecule has 2 N–H and O–H groups in total. The molecule has 4 fully saturated rings. The lowest BCUT2D eigenvalue weighted by Gasteiger charge is -2.58. The van der Waals surface area contributed by atoms with Crippen molar-refractivity contribution in [1.82, 2.24) is 0 Å². The molecule has 4 bridgehead atoms. The molecule has 1 nitrogen and oxygen atoms in total. The van der Waals surface area contributed by atoms with Gasteiger partial charge in [0.05, 0.1) is 0 Å². The summed E-state index contributed by atoms with van der Waals surface area (Å²) in [5.41, 5.74) is 6.77. The largest absolute Gasteiger partial charge is 0.327 e. The first-order valence-corrected chi connectivity index (χ1v) is 5.93. The van der Waals surface area contributed by atoms with Gasteiger partial charge in [-0.25, -0.2) is 0 Å². The molecule has 82 valence electrons. The topological polar surface area (TPSA) is 26.0 Å². The van der Waals surface area contributed by atoms with Crippen molar-refractivity contribution in [3.05, 3.63) is 0 Å². The lowest BCUT2D eigenvalue weighted by atomic mass is 9.48. The SMILES string of the molecule is CC(N)C12CC3CC(CC(C3)C1)C2.Cl. The van der Waals surface area contributed by atoms with Gasteiger partial charge in [-0.2, -0.15) is 0 Å². The molecule has 0 aromatic rings. The van der Waals surface area contributed by atoms with E-state index in [0.717, 1.165) is 17.8 Å². The van der Waals surface area contributed by atoms with Crippen molar-refractivity contribution in [2.45, 2.75) is 51.5 Å². The second kappa shape index (κ2) is 3.38. The van der Waals surface area contributed by atoms with Crippen LogP contribution in [0.15, 0.2) is 0 Å². The molecule has 4 aliphatic rings. The summed E-state index contributed by atoms with van der Waals surface area (Å²) in [4.78, 5) is 0. The predicted molar refractivity (Wildman–Crippen MR) is 61.5 cm³/mol. The van der Waals surface area contributed by atoms with Gasteiger partial charge in [0.15, 0.2) is 0 Å². The normalized spacial score (nSPS) is 51.4. The van der Waals surface area contributed by atoms with E-state index in [1.807, 2.05) is 0 Å². The van der Waals surface area contributed by atoms with Crippen LogP contribution in [0.5, 0.6) is 0 Å². The Labute approximate surface area is 93.2 Å². The van der Waals surface area contributed by atoms with Gasteiger partial charge in [-0.15, -0.1) is 12.4 Å². The predicted octanol–water partition coefficient (Wildman–Crippen LogP) is 2.97. The monoisotopic (exact) mass is 215 g/mol. The van der Waals surface area contributed by atoms with Crippen molar-refractivity contribution in [1.29, 1.82) is 0 Å². The van der Waals surface area contributed by atoms with Crippen LogP contribution in [0.25, 0.3) is 0 Å². The number of hydrogen-bond acceptors (Lipinski definition) is 1. The smallest absolute Gasteiger partial charge is 0.00673 e. The molecule has 1 unspecified atom stereocenters. The number of halogens is 1. The van der Waals surface area contributed by atoms with E-state index in [4.69, 9.17) is 5.73 Å². The molecule has 4 saturated carbocycles. The summed E-state index contributed by atoms with van der Waals surface area (Å²) >= 11 is 0. The van der Waals surface area contributed by atoms with Gasteiger partial charge < -0.3 is 5.73 Å². The van der Waals surface area contributed by atoms with Gasteiger partial charge in [-0.1, -0.05) is 0 Å². The highest BCUT2D eigenvalue weighted by molar-refractivity contribution is 5.85. The number of hydrogen-bond donors (Lipinski definition) is 1. The van der Waals surface area contributed by atoms with E-state index in [9.17, 15) is 0 Å². The Morgan fingerprint density at radius 1 is 1.00 bits per heavy atom. The second-order valence-corrected chi connectivity index (χ2v) is 6.07. The van der Waals surface area contributed by atoms with Gasteiger partial charge in [-0.3, -0.25) is 0 Å². The van der Waals surface area contributed by atoms with Gasteiger partial charge in [-0.05, 0) is 68.6 Å². The Balaban J connectivity index is 0.000000750. The Morgan fingerprint density at radius 3 is 1.64 bits per heavy atom. The molecule has 0 saturated heterocycles. The van der Waals surface area contributed by atoms with Crippen molar-refractivity contribution in [2.75, 3.05) is 0 Å². The maximum atomic E-state index is 6.19. The molecule has 0 aliphatic heterocycles. The summed E-state index contributed by atoms with van der Waals surface area (Å²) in [6, 6.07) is 0.445. The summed E-state index contributed by atoms with van der Waals surface area (Å²) in [5.74, 6) is 3.16. The molecule has 4 rings (SSSR count). The van der Waals surface area contributed by atoms with Crippen LogP contribution in [0.2, 0.25) is 0 Å². The average molecular weight is 216 g/mol. The first-order chi connectivity index (χ1) is 6.18. The lowest BCUT2D eigenvalue weighted by Crippen LogP contribution is -2.53. The zero-order chi connectivity index (χ0) is 9.05. The van der Waals surface area contributed by atoms with Crippen LogP contribution in [-0.4, -0.2) is 6.04 Å². The Kier molecular flexibility index (Phi) is 2.60. The Morgan fingerprint density at radius 2 is 1.36 bits per heavy atom. The highest BCUT2D eigenvalue weighted by atomic mass is 35.5. The number of nitrogens with two attached hydrogens (primary N) is 1. The van der Waals surface area contributed by atoms with Crippen LogP contribution in [0.4, 0.5) is 0 Å². The highest BCUT2D eigenvalue weighted by Crippen LogP contribution is 2.60. The minimum atomic E-state index is 0. The van der Waals surface area contributed by atoms with Gasteiger partial charge >= 0.3 is 0 Å². The summed E-state index contributed by atoms with van der Waals surface area (Å²) in [7, 11) is 0. The molecule has 0 spiro atoms. The Hall–Kier alpha value is 0.250. The molecule has 0 amide bonds. The quantitative estimate of drug-likeness (QED) is 0.715. The van der Waals surface area contributed by atoms with Crippen LogP contribution < -0.4 is 5.73 Å². The lowest BCUT2D eigenvalue weighted by molar-refractivity contribution is -0.0637. The molecule has 0 radical (unpaired) electrons. The molecule has 14 heavy (non-hydrogen) atoms. The maximum absolute atomic E-state index is 6.19. The van der Waals surface area contributed by atoms with Crippen LogP contribution >= 0.6 is 12.4 Å². The average Bonchev–Trinajstić information content (AvgIpc) is 2.00. The van der Waals surface area contributed by atoms with Gasteiger partial charge in [0.1, 0.15) is 0 Å². The van der Waals surface area contributed by atoms with E-state index in [1.54, 1.807) is 0 Å². The second-order valence-electron chi connectivity index (χ2n) is 6.07. The van der Waals surface area contributed by atoms with E-state index >= 15 is 0 Å². The van der Waals surface area contributed by atoms with E-state index in [0.29, 0.717) is 11.5 Å². The minimum absolute atomic E-state index is 0. The summed E-state index contributed by atoms with van der Waals surface area (Å²) in [6.07, 6.45) is 8.97. The molecular weight excluding hydrogens is 194 g/mol. The third-order valence-electron chi connectivity index (χ3n) is 5.05. The fourth-order valence-electron chi connectivity index (χ4n) is 4.74. The zero-order valence-corrected chi connectivity index (χ0v) is 9.85. The van der Waals surface area contributed by atoms with E-state index in [1.165, 1.54) is 38.5 Å². The first kappa shape index (κ1) is 10.8. The highest BCUT2D eigenvalue weighted by Gasteiger charge is 2.52. The molecular formula is C12H22ClN. The maximum Gasteiger partial charge on any atom is 0.00673 e. The summed E-state index contributed by atoms with van der Waals surface area (Å²) in [5, 5.41) is 0. The van der Waals surface area contributed by atoms with E-state index in [2.05, 4.69) is 6.92 Å². The van der Waals surface area contributed by atoms with E-state index in [-0.39, 0.29) is 12.4 Å². The van der Waals surface area contributed by atoms with E-state index < -0.39 is 0 Å². The summed E-state index contributed by atoms with van der Waals surface area (Å²) in [6.45, 7) is 2.24.